The maximum atomic E-state index is 11.7. The SMILES string of the molecule is Cl.O=C(OCOCCCO)c1ccc2c(n1)CCNC2. The summed E-state index contributed by atoms with van der Waals surface area (Å²) in [5.41, 5.74) is 2.39. The molecular weight excluding hydrogens is 284 g/mol. The molecule has 0 radical (unpaired) electrons. The van der Waals surface area contributed by atoms with Gasteiger partial charge in [-0.1, -0.05) is 6.07 Å². The molecule has 0 atom stereocenters. The van der Waals surface area contributed by atoms with Gasteiger partial charge in [0.2, 0.25) is 0 Å². The lowest BCUT2D eigenvalue weighted by molar-refractivity contribution is -0.0344. The third-order valence-corrected chi connectivity index (χ3v) is 2.85. The van der Waals surface area contributed by atoms with Gasteiger partial charge in [0.1, 0.15) is 5.69 Å². The predicted octanol–water partition coefficient (Wildman–Crippen LogP) is 0.662. The van der Waals surface area contributed by atoms with Crippen molar-refractivity contribution < 1.29 is 19.4 Å². The molecule has 0 aromatic carbocycles. The van der Waals surface area contributed by atoms with E-state index in [1.54, 1.807) is 6.07 Å². The van der Waals surface area contributed by atoms with Crippen LogP contribution in [0.25, 0.3) is 0 Å². The first-order chi connectivity index (χ1) is 9.31. The highest BCUT2D eigenvalue weighted by Crippen LogP contribution is 2.12. The fourth-order valence-corrected chi connectivity index (χ4v) is 1.85. The number of aromatic nitrogens is 1. The largest absolute Gasteiger partial charge is 0.434 e. The summed E-state index contributed by atoms with van der Waals surface area (Å²) in [6.45, 7) is 1.99. The second-order valence-electron chi connectivity index (χ2n) is 4.26. The van der Waals surface area contributed by atoms with Gasteiger partial charge >= 0.3 is 5.97 Å². The molecule has 112 valence electrons. The third kappa shape index (κ3) is 4.72. The van der Waals surface area contributed by atoms with Crippen LogP contribution in [0.3, 0.4) is 0 Å². The summed E-state index contributed by atoms with van der Waals surface area (Å²) in [4.78, 5) is 16.1. The number of hydrogen-bond donors (Lipinski definition) is 2. The van der Waals surface area contributed by atoms with Gasteiger partial charge in [-0.3, -0.25) is 0 Å². The first kappa shape index (κ1) is 16.8. The number of nitrogens with zero attached hydrogens (tertiary/aromatic N) is 1. The Morgan fingerprint density at radius 1 is 1.45 bits per heavy atom. The molecule has 0 amide bonds. The number of carbonyl (C=O) groups excluding carboxylic acids is 1. The minimum absolute atomic E-state index is 0. The number of aliphatic hydroxyl groups excluding tert-OH is 1. The number of hydrogen-bond acceptors (Lipinski definition) is 6. The van der Waals surface area contributed by atoms with Gasteiger partial charge in [0.25, 0.3) is 0 Å². The van der Waals surface area contributed by atoms with Crippen molar-refractivity contribution in [1.82, 2.24) is 10.3 Å². The van der Waals surface area contributed by atoms with Gasteiger partial charge in [-0.15, -0.1) is 12.4 Å². The van der Waals surface area contributed by atoms with Gasteiger partial charge in [0, 0.05) is 31.8 Å². The normalized spacial score (nSPS) is 13.2. The Kier molecular flexibility index (Phi) is 7.46. The van der Waals surface area contributed by atoms with Crippen molar-refractivity contribution in [3.63, 3.8) is 0 Å². The number of ether oxygens (including phenoxy) is 2. The van der Waals surface area contributed by atoms with Crippen LogP contribution in [0.2, 0.25) is 0 Å². The van der Waals surface area contributed by atoms with Crippen LogP contribution in [-0.4, -0.2) is 42.6 Å². The highest BCUT2D eigenvalue weighted by Gasteiger charge is 2.14. The van der Waals surface area contributed by atoms with E-state index in [2.05, 4.69) is 10.3 Å². The Bertz CT molecular complexity index is 442. The van der Waals surface area contributed by atoms with E-state index >= 15 is 0 Å². The van der Waals surface area contributed by atoms with E-state index in [4.69, 9.17) is 14.6 Å². The summed E-state index contributed by atoms with van der Waals surface area (Å²) in [5.74, 6) is -0.481. The van der Waals surface area contributed by atoms with Crippen molar-refractivity contribution in [2.75, 3.05) is 26.6 Å². The summed E-state index contributed by atoms with van der Waals surface area (Å²) in [6, 6.07) is 3.57. The molecule has 0 bridgehead atoms. The molecule has 0 saturated carbocycles. The van der Waals surface area contributed by atoms with Gasteiger partial charge in [0.05, 0.1) is 6.61 Å². The lowest BCUT2D eigenvalue weighted by atomic mass is 10.1. The fraction of sp³-hybridized carbons (Fsp3) is 0.538. The Hall–Kier alpha value is -1.21. The lowest BCUT2D eigenvalue weighted by Crippen LogP contribution is -2.25. The number of pyridine rings is 1. The van der Waals surface area contributed by atoms with Gasteiger partial charge in [0.15, 0.2) is 6.79 Å². The molecule has 0 fully saturated rings. The minimum Gasteiger partial charge on any atom is -0.434 e. The first-order valence-corrected chi connectivity index (χ1v) is 6.36. The van der Waals surface area contributed by atoms with Gasteiger partial charge in [-0.25, -0.2) is 9.78 Å². The van der Waals surface area contributed by atoms with Crippen LogP contribution in [0, 0.1) is 0 Å². The van der Waals surface area contributed by atoms with Gasteiger partial charge in [-0.05, 0) is 18.1 Å². The fourth-order valence-electron chi connectivity index (χ4n) is 1.85. The number of fused-ring (bicyclic) bond motifs is 1. The highest BCUT2D eigenvalue weighted by atomic mass is 35.5. The molecule has 2 N–H and O–H groups in total. The summed E-state index contributed by atoms with van der Waals surface area (Å²) in [6.07, 6.45) is 1.35. The molecule has 1 aliphatic rings. The first-order valence-electron chi connectivity index (χ1n) is 6.36. The number of esters is 1. The Morgan fingerprint density at radius 2 is 2.30 bits per heavy atom. The van der Waals surface area contributed by atoms with E-state index < -0.39 is 5.97 Å². The summed E-state index contributed by atoms with van der Waals surface area (Å²) < 4.78 is 9.98. The molecule has 1 aromatic heterocycles. The number of halogens is 1. The second-order valence-corrected chi connectivity index (χ2v) is 4.26. The Balaban J connectivity index is 0.00000200. The number of carbonyl (C=O) groups is 1. The van der Waals surface area contributed by atoms with Crippen molar-refractivity contribution in [3.8, 4) is 0 Å². The van der Waals surface area contributed by atoms with Crippen LogP contribution >= 0.6 is 12.4 Å². The van der Waals surface area contributed by atoms with E-state index in [1.165, 1.54) is 0 Å². The monoisotopic (exact) mass is 302 g/mol. The maximum Gasteiger partial charge on any atom is 0.359 e. The second kappa shape index (κ2) is 8.86. The quantitative estimate of drug-likeness (QED) is 0.456. The molecule has 20 heavy (non-hydrogen) atoms. The zero-order valence-electron chi connectivity index (χ0n) is 11.1. The van der Waals surface area contributed by atoms with E-state index in [0.29, 0.717) is 18.7 Å². The Labute approximate surface area is 123 Å². The van der Waals surface area contributed by atoms with Crippen molar-refractivity contribution in [2.24, 2.45) is 0 Å². The molecule has 0 unspecified atom stereocenters. The minimum atomic E-state index is -0.481. The van der Waals surface area contributed by atoms with Crippen LogP contribution in [0.5, 0.6) is 0 Å². The lowest BCUT2D eigenvalue weighted by Gasteiger charge is -2.16. The maximum absolute atomic E-state index is 11.7. The van der Waals surface area contributed by atoms with Crippen molar-refractivity contribution >= 4 is 18.4 Å². The molecule has 7 heteroatoms. The van der Waals surface area contributed by atoms with Crippen LogP contribution in [0.15, 0.2) is 12.1 Å². The van der Waals surface area contributed by atoms with E-state index in [-0.39, 0.29) is 25.8 Å². The average molecular weight is 303 g/mol. The van der Waals surface area contributed by atoms with E-state index in [9.17, 15) is 4.79 Å². The van der Waals surface area contributed by atoms with Crippen molar-refractivity contribution in [2.45, 2.75) is 19.4 Å². The molecule has 0 spiro atoms. The van der Waals surface area contributed by atoms with Crippen molar-refractivity contribution in [1.29, 1.82) is 0 Å². The topological polar surface area (TPSA) is 80.7 Å². The van der Waals surface area contributed by atoms with Crippen molar-refractivity contribution in [3.05, 3.63) is 29.1 Å². The molecular formula is C13H19ClN2O4. The molecule has 2 heterocycles. The van der Waals surface area contributed by atoms with E-state index in [1.807, 2.05) is 6.07 Å². The van der Waals surface area contributed by atoms with Gasteiger partial charge < -0.3 is 19.9 Å². The smallest absolute Gasteiger partial charge is 0.359 e. The number of rotatable bonds is 6. The number of nitrogens with one attached hydrogen (secondary N) is 1. The molecule has 6 nitrogen and oxygen atoms in total. The van der Waals surface area contributed by atoms with Crippen LogP contribution in [-0.2, 0) is 22.4 Å². The molecule has 0 saturated heterocycles. The average Bonchev–Trinajstić information content (AvgIpc) is 2.46. The molecule has 2 rings (SSSR count). The molecule has 0 aliphatic carbocycles. The standard InChI is InChI=1S/C13H18N2O4.ClH/c16-6-1-7-18-9-19-13(17)12-3-2-10-8-14-5-4-11(10)15-12;/h2-3,14,16H,1,4-9H2;1H. The Morgan fingerprint density at radius 3 is 3.10 bits per heavy atom. The summed E-state index contributed by atoms with van der Waals surface area (Å²) in [5, 5.41) is 11.8. The van der Waals surface area contributed by atoms with Crippen LogP contribution < -0.4 is 5.32 Å². The highest BCUT2D eigenvalue weighted by molar-refractivity contribution is 5.87. The zero-order chi connectivity index (χ0) is 13.5. The molecule has 1 aromatic rings. The van der Waals surface area contributed by atoms with Gasteiger partial charge in [-0.2, -0.15) is 0 Å². The summed E-state index contributed by atoms with van der Waals surface area (Å²) in [7, 11) is 0. The van der Waals surface area contributed by atoms with E-state index in [0.717, 1.165) is 30.8 Å². The van der Waals surface area contributed by atoms with Crippen LogP contribution in [0.4, 0.5) is 0 Å². The number of aliphatic hydroxyl groups is 1. The third-order valence-electron chi connectivity index (χ3n) is 2.85. The summed E-state index contributed by atoms with van der Waals surface area (Å²) >= 11 is 0. The van der Waals surface area contributed by atoms with Crippen LogP contribution in [0.1, 0.15) is 28.2 Å². The predicted molar refractivity (Wildman–Crippen MR) is 74.8 cm³/mol. The zero-order valence-corrected chi connectivity index (χ0v) is 11.9. The molecule has 1 aliphatic heterocycles.